The minimum absolute atomic E-state index is 0.00338. The maximum Gasteiger partial charge on any atom is 0.234 e. The fraction of sp³-hybridized carbons (Fsp3) is 0.562. The highest BCUT2D eigenvalue weighted by Gasteiger charge is 2.29. The first-order valence-corrected chi connectivity index (χ1v) is 7.48. The predicted molar refractivity (Wildman–Crippen MR) is 81.2 cm³/mol. The SMILES string of the molecule is CC(NC(=O)CN1CC(CN)CC1C)c1ccc(F)cc1. The molecule has 1 heterocycles. The van der Waals surface area contributed by atoms with E-state index >= 15 is 0 Å². The van der Waals surface area contributed by atoms with Gasteiger partial charge in [0.05, 0.1) is 12.6 Å². The van der Waals surface area contributed by atoms with Crippen LogP contribution in [-0.2, 0) is 4.79 Å². The summed E-state index contributed by atoms with van der Waals surface area (Å²) >= 11 is 0. The summed E-state index contributed by atoms with van der Waals surface area (Å²) in [4.78, 5) is 14.3. The molecule has 0 aliphatic carbocycles. The number of carbonyl (C=O) groups excluding carboxylic acids is 1. The molecule has 3 unspecified atom stereocenters. The van der Waals surface area contributed by atoms with Crippen LogP contribution in [0.5, 0.6) is 0 Å². The van der Waals surface area contributed by atoms with Crippen molar-refractivity contribution in [1.82, 2.24) is 10.2 Å². The van der Waals surface area contributed by atoms with Crippen LogP contribution >= 0.6 is 0 Å². The van der Waals surface area contributed by atoms with Gasteiger partial charge in [-0.25, -0.2) is 4.39 Å². The van der Waals surface area contributed by atoms with E-state index < -0.39 is 0 Å². The lowest BCUT2D eigenvalue weighted by atomic mass is 10.1. The summed E-state index contributed by atoms with van der Waals surface area (Å²) in [6, 6.07) is 6.48. The highest BCUT2D eigenvalue weighted by Crippen LogP contribution is 2.21. The zero-order chi connectivity index (χ0) is 15.4. The monoisotopic (exact) mass is 293 g/mol. The molecule has 0 aromatic heterocycles. The van der Waals surface area contributed by atoms with Crippen molar-refractivity contribution in [2.75, 3.05) is 19.6 Å². The summed E-state index contributed by atoms with van der Waals surface area (Å²) in [6.45, 7) is 5.99. The molecule has 1 fully saturated rings. The molecular formula is C16H24FN3O. The van der Waals surface area contributed by atoms with Crippen LogP contribution in [-0.4, -0.2) is 36.5 Å². The highest BCUT2D eigenvalue weighted by molar-refractivity contribution is 5.78. The van der Waals surface area contributed by atoms with E-state index in [1.54, 1.807) is 12.1 Å². The quantitative estimate of drug-likeness (QED) is 0.868. The lowest BCUT2D eigenvalue weighted by Gasteiger charge is -2.22. The van der Waals surface area contributed by atoms with Gasteiger partial charge < -0.3 is 11.1 Å². The standard InChI is InChI=1S/C16H24FN3O/c1-11-7-13(8-18)9-20(11)10-16(21)19-12(2)14-3-5-15(17)6-4-14/h3-6,11-13H,7-10,18H2,1-2H3,(H,19,21). The molecule has 0 bridgehead atoms. The fourth-order valence-corrected chi connectivity index (χ4v) is 2.92. The molecule has 5 heteroatoms. The van der Waals surface area contributed by atoms with Crippen molar-refractivity contribution >= 4 is 5.91 Å². The summed E-state index contributed by atoms with van der Waals surface area (Å²) in [5, 5.41) is 2.96. The molecule has 1 aromatic carbocycles. The predicted octanol–water partition coefficient (Wildman–Crippen LogP) is 1.67. The fourth-order valence-electron chi connectivity index (χ4n) is 2.92. The second-order valence-electron chi connectivity index (χ2n) is 5.96. The van der Waals surface area contributed by atoms with E-state index in [9.17, 15) is 9.18 Å². The zero-order valence-electron chi connectivity index (χ0n) is 12.7. The van der Waals surface area contributed by atoms with Crippen LogP contribution in [0.1, 0.15) is 31.9 Å². The topological polar surface area (TPSA) is 58.4 Å². The minimum Gasteiger partial charge on any atom is -0.348 e. The maximum absolute atomic E-state index is 12.9. The van der Waals surface area contributed by atoms with E-state index in [4.69, 9.17) is 5.73 Å². The van der Waals surface area contributed by atoms with Gasteiger partial charge in [0.2, 0.25) is 5.91 Å². The van der Waals surface area contributed by atoms with Crippen molar-refractivity contribution in [3.63, 3.8) is 0 Å². The third kappa shape index (κ3) is 4.25. The van der Waals surface area contributed by atoms with Gasteiger partial charge in [-0.1, -0.05) is 12.1 Å². The molecule has 3 atom stereocenters. The molecule has 1 amide bonds. The number of benzene rings is 1. The third-order valence-electron chi connectivity index (χ3n) is 4.22. The largest absolute Gasteiger partial charge is 0.348 e. The first kappa shape index (κ1) is 15.9. The number of amides is 1. The normalized spacial score (nSPS) is 24.0. The second kappa shape index (κ2) is 7.00. The average Bonchev–Trinajstić information content (AvgIpc) is 2.80. The van der Waals surface area contributed by atoms with Crippen LogP contribution < -0.4 is 11.1 Å². The Morgan fingerprint density at radius 3 is 2.71 bits per heavy atom. The summed E-state index contributed by atoms with van der Waals surface area (Å²) < 4.78 is 12.9. The highest BCUT2D eigenvalue weighted by atomic mass is 19.1. The number of hydrogen-bond donors (Lipinski definition) is 2. The molecule has 21 heavy (non-hydrogen) atoms. The molecule has 116 valence electrons. The molecule has 2 rings (SSSR count). The van der Waals surface area contributed by atoms with Gasteiger partial charge in [-0.2, -0.15) is 0 Å². The van der Waals surface area contributed by atoms with Crippen molar-refractivity contribution < 1.29 is 9.18 Å². The van der Waals surface area contributed by atoms with E-state index in [0.29, 0.717) is 25.0 Å². The maximum atomic E-state index is 12.9. The van der Waals surface area contributed by atoms with Gasteiger partial charge >= 0.3 is 0 Å². The van der Waals surface area contributed by atoms with Gasteiger partial charge in [0, 0.05) is 12.6 Å². The number of rotatable bonds is 5. The van der Waals surface area contributed by atoms with Crippen molar-refractivity contribution in [3.8, 4) is 0 Å². The molecule has 1 aromatic rings. The number of nitrogens with one attached hydrogen (secondary N) is 1. The molecule has 3 N–H and O–H groups in total. The van der Waals surface area contributed by atoms with Crippen LogP contribution in [0.15, 0.2) is 24.3 Å². The lowest BCUT2D eigenvalue weighted by molar-refractivity contribution is -0.123. The molecule has 1 saturated heterocycles. The number of likely N-dealkylation sites (tertiary alicyclic amines) is 1. The van der Waals surface area contributed by atoms with Crippen molar-refractivity contribution in [1.29, 1.82) is 0 Å². The third-order valence-corrected chi connectivity index (χ3v) is 4.22. The molecule has 0 radical (unpaired) electrons. The first-order chi connectivity index (χ1) is 9.99. The van der Waals surface area contributed by atoms with Crippen LogP contribution in [0.3, 0.4) is 0 Å². The molecule has 0 saturated carbocycles. The minimum atomic E-state index is -0.268. The molecule has 1 aliphatic rings. The van der Waals surface area contributed by atoms with E-state index in [1.807, 2.05) is 6.92 Å². The van der Waals surface area contributed by atoms with Crippen LogP contribution in [0.4, 0.5) is 4.39 Å². The Bertz CT molecular complexity index is 477. The van der Waals surface area contributed by atoms with E-state index in [2.05, 4.69) is 17.1 Å². The van der Waals surface area contributed by atoms with Crippen molar-refractivity contribution in [3.05, 3.63) is 35.6 Å². The number of hydrogen-bond acceptors (Lipinski definition) is 3. The Balaban J connectivity index is 1.85. The zero-order valence-corrected chi connectivity index (χ0v) is 12.7. The van der Waals surface area contributed by atoms with E-state index in [-0.39, 0.29) is 17.8 Å². The van der Waals surface area contributed by atoms with Gasteiger partial charge in [-0.05, 0) is 50.4 Å². The molecule has 0 spiro atoms. The van der Waals surface area contributed by atoms with Crippen molar-refractivity contribution in [2.45, 2.75) is 32.4 Å². The van der Waals surface area contributed by atoms with Gasteiger partial charge in [0.15, 0.2) is 0 Å². The van der Waals surface area contributed by atoms with Crippen LogP contribution in [0, 0.1) is 11.7 Å². The Morgan fingerprint density at radius 2 is 2.14 bits per heavy atom. The Kier molecular flexibility index (Phi) is 5.31. The Morgan fingerprint density at radius 1 is 1.48 bits per heavy atom. The average molecular weight is 293 g/mol. The number of nitrogens with zero attached hydrogens (tertiary/aromatic N) is 1. The lowest BCUT2D eigenvalue weighted by Crippen LogP contribution is -2.40. The van der Waals surface area contributed by atoms with Crippen molar-refractivity contribution in [2.24, 2.45) is 11.7 Å². The number of nitrogens with two attached hydrogens (primary N) is 1. The second-order valence-corrected chi connectivity index (χ2v) is 5.96. The summed E-state index contributed by atoms with van der Waals surface area (Å²) in [6.07, 6.45) is 1.05. The first-order valence-electron chi connectivity index (χ1n) is 7.48. The van der Waals surface area contributed by atoms with Gasteiger partial charge in [-0.3, -0.25) is 9.69 Å². The van der Waals surface area contributed by atoms with Gasteiger partial charge in [-0.15, -0.1) is 0 Å². The Labute approximate surface area is 125 Å². The van der Waals surface area contributed by atoms with E-state index in [0.717, 1.165) is 18.5 Å². The van der Waals surface area contributed by atoms with Gasteiger partial charge in [0.25, 0.3) is 0 Å². The number of halogens is 1. The van der Waals surface area contributed by atoms with E-state index in [1.165, 1.54) is 12.1 Å². The smallest absolute Gasteiger partial charge is 0.234 e. The molecule has 4 nitrogen and oxygen atoms in total. The number of carbonyl (C=O) groups is 1. The van der Waals surface area contributed by atoms with Crippen LogP contribution in [0.25, 0.3) is 0 Å². The molecule has 1 aliphatic heterocycles. The molecular weight excluding hydrogens is 269 g/mol. The van der Waals surface area contributed by atoms with Gasteiger partial charge in [0.1, 0.15) is 5.82 Å². The summed E-state index contributed by atoms with van der Waals surface area (Å²) in [5.41, 5.74) is 6.60. The Hall–Kier alpha value is -1.46. The van der Waals surface area contributed by atoms with Crippen LogP contribution in [0.2, 0.25) is 0 Å². The summed E-state index contributed by atoms with van der Waals surface area (Å²) in [7, 11) is 0. The summed E-state index contributed by atoms with van der Waals surface area (Å²) in [5.74, 6) is 0.217.